The molecule has 0 aliphatic carbocycles. The largest absolute Gasteiger partial charge is 0.462 e. The van der Waals surface area contributed by atoms with Crippen molar-refractivity contribution in [2.24, 2.45) is 0 Å². The number of esters is 1. The summed E-state index contributed by atoms with van der Waals surface area (Å²) < 4.78 is 9.41. The molecular weight excluding hydrogens is 220 g/mol. The number of rotatable bonds is 3. The fourth-order valence-electron chi connectivity index (χ4n) is 1.54. The summed E-state index contributed by atoms with van der Waals surface area (Å²) in [6.07, 6.45) is -4.43. The van der Waals surface area contributed by atoms with E-state index in [1.165, 1.54) is 0 Å². The Bertz CT molecular complexity index is 256. The molecule has 4 N–H and O–H groups in total. The minimum Gasteiger partial charge on any atom is -0.462 e. The highest BCUT2D eigenvalue weighted by molar-refractivity contribution is 5.77. The number of aliphatic hydroxyl groups excluding tert-OH is 3. The van der Waals surface area contributed by atoms with Gasteiger partial charge in [0.05, 0.1) is 19.3 Å². The maximum absolute atomic E-state index is 11.4. The summed E-state index contributed by atoms with van der Waals surface area (Å²) in [5.41, 5.74) is 0. The van der Waals surface area contributed by atoms with Crippen molar-refractivity contribution >= 4 is 5.97 Å². The van der Waals surface area contributed by atoms with Gasteiger partial charge in [0.1, 0.15) is 12.2 Å². The Morgan fingerprint density at radius 1 is 1.56 bits per heavy atom. The van der Waals surface area contributed by atoms with Crippen LogP contribution < -0.4 is 0 Å². The van der Waals surface area contributed by atoms with Crippen molar-refractivity contribution in [1.82, 2.24) is 0 Å². The molecular formula is C9H16O7. The second kappa shape index (κ2) is 5.07. The van der Waals surface area contributed by atoms with Gasteiger partial charge in [-0.3, -0.25) is 0 Å². The topological polar surface area (TPSA) is 116 Å². The van der Waals surface area contributed by atoms with Gasteiger partial charge in [0.2, 0.25) is 0 Å². The van der Waals surface area contributed by atoms with Crippen molar-refractivity contribution < 1.29 is 34.7 Å². The summed E-state index contributed by atoms with van der Waals surface area (Å²) >= 11 is 0. The van der Waals surface area contributed by atoms with Gasteiger partial charge >= 0.3 is 5.97 Å². The van der Waals surface area contributed by atoms with Crippen molar-refractivity contribution in [3.63, 3.8) is 0 Å². The first kappa shape index (κ1) is 13.3. The van der Waals surface area contributed by atoms with E-state index in [1.54, 1.807) is 6.92 Å². The summed E-state index contributed by atoms with van der Waals surface area (Å²) in [7, 11) is 0. The first-order valence-electron chi connectivity index (χ1n) is 4.99. The zero-order chi connectivity index (χ0) is 12.3. The standard InChI is InChI=1S/C9H16O7/c1-2-15-8(13)9(14)3-5(11)7(12)6(4-10)16-9/h5-7,10-12,14H,2-4H2,1H3/t5-,6-,7+,9-/m1/s1. The lowest BCUT2D eigenvalue weighted by Crippen LogP contribution is -2.59. The third kappa shape index (κ3) is 2.50. The second-order valence-electron chi connectivity index (χ2n) is 3.61. The summed E-state index contributed by atoms with van der Waals surface area (Å²) in [6, 6.07) is 0. The van der Waals surface area contributed by atoms with Crippen LogP contribution in [-0.2, 0) is 14.3 Å². The van der Waals surface area contributed by atoms with Gasteiger partial charge in [0.25, 0.3) is 5.79 Å². The molecule has 7 heteroatoms. The lowest BCUT2D eigenvalue weighted by molar-refractivity contribution is -0.300. The number of ether oxygens (including phenoxy) is 2. The Hall–Kier alpha value is -0.730. The van der Waals surface area contributed by atoms with Crippen molar-refractivity contribution in [1.29, 1.82) is 0 Å². The monoisotopic (exact) mass is 236 g/mol. The molecule has 94 valence electrons. The average Bonchev–Trinajstić information content (AvgIpc) is 2.24. The predicted molar refractivity (Wildman–Crippen MR) is 50.2 cm³/mol. The molecule has 0 bridgehead atoms. The molecule has 7 nitrogen and oxygen atoms in total. The van der Waals surface area contributed by atoms with Gasteiger partial charge in [-0.1, -0.05) is 0 Å². The number of carbonyl (C=O) groups excluding carboxylic acids is 1. The molecule has 0 unspecified atom stereocenters. The molecule has 0 spiro atoms. The fraction of sp³-hybridized carbons (Fsp3) is 0.889. The maximum Gasteiger partial charge on any atom is 0.366 e. The zero-order valence-electron chi connectivity index (χ0n) is 8.87. The summed E-state index contributed by atoms with van der Waals surface area (Å²) in [4.78, 5) is 11.4. The van der Waals surface area contributed by atoms with E-state index in [2.05, 4.69) is 4.74 Å². The van der Waals surface area contributed by atoms with Gasteiger partial charge in [-0.15, -0.1) is 0 Å². The van der Waals surface area contributed by atoms with Gasteiger partial charge < -0.3 is 29.9 Å². The van der Waals surface area contributed by atoms with E-state index in [-0.39, 0.29) is 6.61 Å². The van der Waals surface area contributed by atoms with Crippen LogP contribution in [0, 0.1) is 0 Å². The lowest BCUT2D eigenvalue weighted by atomic mass is 9.96. The Morgan fingerprint density at radius 2 is 2.19 bits per heavy atom. The van der Waals surface area contributed by atoms with E-state index >= 15 is 0 Å². The Kier molecular flexibility index (Phi) is 4.22. The van der Waals surface area contributed by atoms with Crippen LogP contribution in [0.25, 0.3) is 0 Å². The van der Waals surface area contributed by atoms with E-state index in [1.807, 2.05) is 0 Å². The highest BCUT2D eigenvalue weighted by Gasteiger charge is 2.50. The normalized spacial score (nSPS) is 39.4. The van der Waals surface area contributed by atoms with Gasteiger partial charge in [0.15, 0.2) is 0 Å². The van der Waals surface area contributed by atoms with E-state index < -0.39 is 43.1 Å². The Morgan fingerprint density at radius 3 is 2.69 bits per heavy atom. The van der Waals surface area contributed by atoms with Crippen LogP contribution in [0.5, 0.6) is 0 Å². The van der Waals surface area contributed by atoms with Crippen LogP contribution in [0.15, 0.2) is 0 Å². The second-order valence-corrected chi connectivity index (χ2v) is 3.61. The first-order valence-corrected chi connectivity index (χ1v) is 4.99. The summed E-state index contributed by atoms with van der Waals surface area (Å²) in [5.74, 6) is -3.36. The van der Waals surface area contributed by atoms with Crippen LogP contribution in [-0.4, -0.2) is 63.7 Å². The minimum absolute atomic E-state index is 0.0486. The highest BCUT2D eigenvalue weighted by Crippen LogP contribution is 2.28. The van der Waals surface area contributed by atoms with Crippen LogP contribution in [0.1, 0.15) is 13.3 Å². The van der Waals surface area contributed by atoms with E-state index in [4.69, 9.17) is 9.84 Å². The molecule has 0 aromatic carbocycles. The Balaban J connectivity index is 2.78. The molecule has 1 fully saturated rings. The van der Waals surface area contributed by atoms with Gasteiger partial charge in [-0.2, -0.15) is 0 Å². The van der Waals surface area contributed by atoms with Crippen LogP contribution in [0.2, 0.25) is 0 Å². The van der Waals surface area contributed by atoms with Crippen molar-refractivity contribution in [3.8, 4) is 0 Å². The van der Waals surface area contributed by atoms with Crippen LogP contribution in [0.3, 0.4) is 0 Å². The molecule has 0 radical (unpaired) electrons. The lowest BCUT2D eigenvalue weighted by Gasteiger charge is -2.39. The van der Waals surface area contributed by atoms with E-state index in [9.17, 15) is 20.1 Å². The third-order valence-corrected chi connectivity index (χ3v) is 2.38. The molecule has 1 aliphatic rings. The smallest absolute Gasteiger partial charge is 0.366 e. The number of carbonyl (C=O) groups is 1. The van der Waals surface area contributed by atoms with Crippen molar-refractivity contribution in [3.05, 3.63) is 0 Å². The fourth-order valence-corrected chi connectivity index (χ4v) is 1.54. The Labute approximate surface area is 92.2 Å². The molecule has 0 aromatic rings. The number of hydrogen-bond donors (Lipinski definition) is 4. The van der Waals surface area contributed by atoms with Crippen LogP contribution in [0.4, 0.5) is 0 Å². The van der Waals surface area contributed by atoms with Gasteiger partial charge in [-0.05, 0) is 6.92 Å². The van der Waals surface area contributed by atoms with Crippen molar-refractivity contribution in [2.75, 3.05) is 13.2 Å². The first-order chi connectivity index (χ1) is 7.44. The molecule has 0 amide bonds. The highest BCUT2D eigenvalue weighted by atomic mass is 16.7. The van der Waals surface area contributed by atoms with E-state index in [0.29, 0.717) is 0 Å². The predicted octanol–water partition coefficient (Wildman–Crippen LogP) is -2.26. The third-order valence-electron chi connectivity index (χ3n) is 2.38. The minimum atomic E-state index is -2.32. The van der Waals surface area contributed by atoms with Gasteiger partial charge in [0, 0.05) is 6.42 Å². The van der Waals surface area contributed by atoms with E-state index in [0.717, 1.165) is 0 Å². The SMILES string of the molecule is CCOC(=O)[C@@]1(O)C[C@@H](O)[C@H](O)[C@@H](CO)O1. The summed E-state index contributed by atoms with van der Waals surface area (Å²) in [5, 5.41) is 37.5. The molecule has 1 rings (SSSR count). The zero-order valence-corrected chi connectivity index (χ0v) is 8.87. The summed E-state index contributed by atoms with van der Waals surface area (Å²) in [6.45, 7) is 0.978. The maximum atomic E-state index is 11.4. The molecule has 4 atom stereocenters. The van der Waals surface area contributed by atoms with Crippen molar-refractivity contribution in [2.45, 2.75) is 37.4 Å². The molecule has 1 heterocycles. The molecule has 16 heavy (non-hydrogen) atoms. The molecule has 1 aliphatic heterocycles. The average molecular weight is 236 g/mol. The molecule has 0 saturated carbocycles. The van der Waals surface area contributed by atoms with Crippen LogP contribution >= 0.6 is 0 Å². The number of hydrogen-bond acceptors (Lipinski definition) is 7. The number of aliphatic hydroxyl groups is 4. The quantitative estimate of drug-likeness (QED) is 0.409. The van der Waals surface area contributed by atoms with Gasteiger partial charge in [-0.25, -0.2) is 4.79 Å². The molecule has 1 saturated heterocycles. The molecule has 0 aromatic heterocycles.